The SMILES string of the molecule is COc1cc(OC)cc(C(O)c2ncccc2C)c1. The van der Waals surface area contributed by atoms with Crippen LogP contribution in [0, 0.1) is 6.92 Å². The van der Waals surface area contributed by atoms with Crippen LogP contribution < -0.4 is 9.47 Å². The standard InChI is InChI=1S/C15H17NO3/c1-10-5-4-6-16-14(10)15(17)11-7-12(18-2)9-13(8-11)19-3/h4-9,15,17H,1-3H3. The number of hydrogen-bond acceptors (Lipinski definition) is 4. The van der Waals surface area contributed by atoms with Crippen LogP contribution in [0.1, 0.15) is 22.9 Å². The predicted octanol–water partition coefficient (Wildman–Crippen LogP) is 2.49. The van der Waals surface area contributed by atoms with Crippen molar-refractivity contribution >= 4 is 0 Å². The van der Waals surface area contributed by atoms with Crippen molar-refractivity contribution in [2.24, 2.45) is 0 Å². The molecule has 0 saturated heterocycles. The monoisotopic (exact) mass is 259 g/mol. The van der Waals surface area contributed by atoms with Crippen LogP contribution >= 0.6 is 0 Å². The molecule has 0 radical (unpaired) electrons. The Morgan fingerprint density at radius 1 is 1.11 bits per heavy atom. The van der Waals surface area contributed by atoms with Gasteiger partial charge in [-0.05, 0) is 36.2 Å². The molecule has 0 aliphatic heterocycles. The van der Waals surface area contributed by atoms with Crippen LogP contribution in [-0.2, 0) is 0 Å². The summed E-state index contributed by atoms with van der Waals surface area (Å²) in [6.07, 6.45) is 0.869. The van der Waals surface area contributed by atoms with Crippen molar-refractivity contribution in [1.82, 2.24) is 4.98 Å². The highest BCUT2D eigenvalue weighted by atomic mass is 16.5. The molecule has 1 unspecified atom stereocenters. The maximum atomic E-state index is 10.4. The molecule has 0 amide bonds. The van der Waals surface area contributed by atoms with E-state index in [0.717, 1.165) is 5.56 Å². The van der Waals surface area contributed by atoms with Crippen LogP contribution in [0.4, 0.5) is 0 Å². The van der Waals surface area contributed by atoms with Crippen LogP contribution in [0.15, 0.2) is 36.5 Å². The minimum absolute atomic E-state index is 0.637. The Kier molecular flexibility index (Phi) is 4.02. The summed E-state index contributed by atoms with van der Waals surface area (Å²) in [5.74, 6) is 1.28. The molecule has 1 heterocycles. The number of rotatable bonds is 4. The quantitative estimate of drug-likeness (QED) is 0.916. The second kappa shape index (κ2) is 5.71. The van der Waals surface area contributed by atoms with E-state index in [0.29, 0.717) is 22.8 Å². The second-order valence-electron chi connectivity index (χ2n) is 4.25. The van der Waals surface area contributed by atoms with Gasteiger partial charge < -0.3 is 14.6 Å². The molecular weight excluding hydrogens is 242 g/mol. The Morgan fingerprint density at radius 3 is 2.26 bits per heavy atom. The lowest BCUT2D eigenvalue weighted by Crippen LogP contribution is -2.05. The number of aromatic nitrogens is 1. The lowest BCUT2D eigenvalue weighted by Gasteiger charge is -2.15. The van der Waals surface area contributed by atoms with E-state index >= 15 is 0 Å². The number of ether oxygens (including phenoxy) is 2. The molecule has 0 bridgehead atoms. The van der Waals surface area contributed by atoms with Gasteiger partial charge in [-0.2, -0.15) is 0 Å². The maximum Gasteiger partial charge on any atom is 0.122 e. The molecule has 0 fully saturated rings. The summed E-state index contributed by atoms with van der Waals surface area (Å²) >= 11 is 0. The first-order valence-corrected chi connectivity index (χ1v) is 5.98. The summed E-state index contributed by atoms with van der Waals surface area (Å²) in [6.45, 7) is 1.92. The molecule has 4 nitrogen and oxygen atoms in total. The van der Waals surface area contributed by atoms with Crippen molar-refractivity contribution in [3.63, 3.8) is 0 Å². The summed E-state index contributed by atoms with van der Waals surface area (Å²) in [4.78, 5) is 4.23. The van der Waals surface area contributed by atoms with Gasteiger partial charge in [0, 0.05) is 12.3 Å². The van der Waals surface area contributed by atoms with E-state index < -0.39 is 6.10 Å². The van der Waals surface area contributed by atoms with Gasteiger partial charge in [0.2, 0.25) is 0 Å². The highest BCUT2D eigenvalue weighted by Gasteiger charge is 2.16. The van der Waals surface area contributed by atoms with E-state index in [-0.39, 0.29) is 0 Å². The molecule has 19 heavy (non-hydrogen) atoms. The Morgan fingerprint density at radius 2 is 1.74 bits per heavy atom. The lowest BCUT2D eigenvalue weighted by atomic mass is 10.0. The number of benzene rings is 1. The largest absolute Gasteiger partial charge is 0.497 e. The Balaban J connectivity index is 2.43. The topological polar surface area (TPSA) is 51.6 Å². The van der Waals surface area contributed by atoms with Gasteiger partial charge in [-0.25, -0.2) is 0 Å². The van der Waals surface area contributed by atoms with Crippen LogP contribution in [0.25, 0.3) is 0 Å². The zero-order valence-corrected chi connectivity index (χ0v) is 11.3. The first kappa shape index (κ1) is 13.4. The van der Waals surface area contributed by atoms with Gasteiger partial charge in [0.1, 0.15) is 17.6 Å². The molecule has 100 valence electrons. The number of pyridine rings is 1. The molecule has 0 saturated carbocycles. The average molecular weight is 259 g/mol. The summed E-state index contributed by atoms with van der Waals surface area (Å²) < 4.78 is 10.4. The highest BCUT2D eigenvalue weighted by molar-refractivity contribution is 5.42. The summed E-state index contributed by atoms with van der Waals surface area (Å²) in [5.41, 5.74) is 2.27. The van der Waals surface area contributed by atoms with Crippen molar-refractivity contribution in [3.05, 3.63) is 53.3 Å². The molecule has 0 aliphatic carbocycles. The fraction of sp³-hybridized carbons (Fsp3) is 0.267. The van der Waals surface area contributed by atoms with Crippen molar-refractivity contribution < 1.29 is 14.6 Å². The molecule has 1 aromatic carbocycles. The van der Waals surface area contributed by atoms with Crippen molar-refractivity contribution in [3.8, 4) is 11.5 Å². The number of hydrogen-bond donors (Lipinski definition) is 1. The van der Waals surface area contributed by atoms with Gasteiger partial charge in [-0.1, -0.05) is 6.07 Å². The normalized spacial score (nSPS) is 12.0. The molecule has 1 N–H and O–H groups in total. The minimum atomic E-state index is -0.801. The van der Waals surface area contributed by atoms with Gasteiger partial charge in [-0.3, -0.25) is 4.98 Å². The molecule has 1 atom stereocenters. The van der Waals surface area contributed by atoms with Gasteiger partial charge in [-0.15, -0.1) is 0 Å². The molecule has 2 rings (SSSR count). The van der Waals surface area contributed by atoms with Crippen LogP contribution in [0.2, 0.25) is 0 Å². The van der Waals surface area contributed by atoms with Gasteiger partial charge in [0.05, 0.1) is 19.9 Å². The van der Waals surface area contributed by atoms with E-state index in [1.54, 1.807) is 38.6 Å². The predicted molar refractivity (Wildman–Crippen MR) is 72.6 cm³/mol. The molecule has 2 aromatic rings. The van der Waals surface area contributed by atoms with E-state index in [2.05, 4.69) is 4.98 Å². The second-order valence-corrected chi connectivity index (χ2v) is 4.25. The van der Waals surface area contributed by atoms with E-state index in [1.807, 2.05) is 19.1 Å². The van der Waals surface area contributed by atoms with E-state index in [1.165, 1.54) is 0 Å². The van der Waals surface area contributed by atoms with Gasteiger partial charge >= 0.3 is 0 Å². The van der Waals surface area contributed by atoms with Crippen molar-refractivity contribution in [2.75, 3.05) is 14.2 Å². The Bertz CT molecular complexity index is 547. The van der Waals surface area contributed by atoms with Crippen molar-refractivity contribution in [2.45, 2.75) is 13.0 Å². The first-order valence-electron chi connectivity index (χ1n) is 5.98. The third-order valence-electron chi connectivity index (χ3n) is 3.00. The summed E-state index contributed by atoms with van der Waals surface area (Å²) in [5, 5.41) is 10.4. The molecule has 1 aromatic heterocycles. The fourth-order valence-corrected chi connectivity index (χ4v) is 1.93. The highest BCUT2D eigenvalue weighted by Crippen LogP contribution is 2.30. The Labute approximate surface area is 112 Å². The van der Waals surface area contributed by atoms with Crippen LogP contribution in [0.3, 0.4) is 0 Å². The lowest BCUT2D eigenvalue weighted by molar-refractivity contribution is 0.213. The van der Waals surface area contributed by atoms with Crippen LogP contribution in [0.5, 0.6) is 11.5 Å². The van der Waals surface area contributed by atoms with Gasteiger partial charge in [0.25, 0.3) is 0 Å². The average Bonchev–Trinajstić information content (AvgIpc) is 2.46. The molecule has 0 spiro atoms. The summed E-state index contributed by atoms with van der Waals surface area (Å²) in [7, 11) is 3.16. The van der Waals surface area contributed by atoms with E-state index in [9.17, 15) is 5.11 Å². The number of aliphatic hydroxyl groups excluding tert-OH is 1. The summed E-state index contributed by atoms with van der Waals surface area (Å²) in [6, 6.07) is 9.09. The third kappa shape index (κ3) is 2.85. The van der Waals surface area contributed by atoms with E-state index in [4.69, 9.17) is 9.47 Å². The smallest absolute Gasteiger partial charge is 0.122 e. The number of aliphatic hydroxyl groups is 1. The minimum Gasteiger partial charge on any atom is -0.497 e. The number of aryl methyl sites for hydroxylation is 1. The maximum absolute atomic E-state index is 10.4. The molecule has 4 heteroatoms. The fourth-order valence-electron chi connectivity index (χ4n) is 1.93. The zero-order valence-electron chi connectivity index (χ0n) is 11.3. The third-order valence-corrected chi connectivity index (χ3v) is 3.00. The molecule has 0 aliphatic rings. The van der Waals surface area contributed by atoms with Crippen LogP contribution in [-0.4, -0.2) is 24.3 Å². The Hall–Kier alpha value is -2.07. The first-order chi connectivity index (χ1) is 9.15. The molecular formula is C15H17NO3. The van der Waals surface area contributed by atoms with Gasteiger partial charge in [0.15, 0.2) is 0 Å². The van der Waals surface area contributed by atoms with Crippen molar-refractivity contribution in [1.29, 1.82) is 0 Å². The zero-order chi connectivity index (χ0) is 13.8. The number of nitrogens with zero attached hydrogens (tertiary/aromatic N) is 1. The number of methoxy groups -OCH3 is 2.